The molecule has 0 aliphatic heterocycles. The Morgan fingerprint density at radius 1 is 1.26 bits per heavy atom. The number of rotatable bonds is 3. The Hall–Kier alpha value is -0.600. The third-order valence-electron chi connectivity index (χ3n) is 4.80. The first-order chi connectivity index (χ1) is 9.13. The van der Waals surface area contributed by atoms with Gasteiger partial charge in [0.1, 0.15) is 0 Å². The molecule has 1 nitrogen and oxygen atoms in total. The summed E-state index contributed by atoms with van der Waals surface area (Å²) in [5.41, 5.74) is 2.60. The summed E-state index contributed by atoms with van der Waals surface area (Å²) in [5.74, 6) is 1.73. The number of thiocarbonyl (C=S) groups is 1. The zero-order valence-electron chi connectivity index (χ0n) is 11.3. The first-order valence-corrected chi connectivity index (χ1v) is 7.94. The lowest BCUT2D eigenvalue weighted by Gasteiger charge is -2.34. The largest absolute Gasteiger partial charge is 0.346 e. The standard InChI is InChI=1S/C16H20ClNS/c1-11-2-4-12(5-3-11)10-18(16(17)19)15-9-13-6-7-14(15)8-13/h2-5,13-15H,6-10H2,1H3. The van der Waals surface area contributed by atoms with Crippen molar-refractivity contribution in [3.63, 3.8) is 0 Å². The number of halogens is 1. The summed E-state index contributed by atoms with van der Waals surface area (Å²) in [5, 5.41) is 0. The first kappa shape index (κ1) is 13.4. The molecule has 0 aromatic heterocycles. The molecule has 3 heteroatoms. The van der Waals surface area contributed by atoms with Crippen LogP contribution in [0.5, 0.6) is 0 Å². The summed E-state index contributed by atoms with van der Waals surface area (Å²) in [6.45, 7) is 2.97. The van der Waals surface area contributed by atoms with E-state index in [2.05, 4.69) is 36.1 Å². The van der Waals surface area contributed by atoms with Gasteiger partial charge in [0, 0.05) is 12.6 Å². The van der Waals surface area contributed by atoms with Crippen LogP contribution in [0.15, 0.2) is 24.3 Å². The van der Waals surface area contributed by atoms with Crippen molar-refractivity contribution < 1.29 is 0 Å². The Labute approximate surface area is 125 Å². The summed E-state index contributed by atoms with van der Waals surface area (Å²) in [6, 6.07) is 9.26. The van der Waals surface area contributed by atoms with E-state index >= 15 is 0 Å². The maximum Gasteiger partial charge on any atom is 0.170 e. The van der Waals surface area contributed by atoms with Crippen molar-refractivity contribution in [2.75, 3.05) is 0 Å². The summed E-state index contributed by atoms with van der Waals surface area (Å²) >= 11 is 11.5. The predicted octanol–water partition coefficient (Wildman–Crippen LogP) is 4.51. The molecular formula is C16H20ClNS. The van der Waals surface area contributed by atoms with Gasteiger partial charge in [-0.1, -0.05) is 47.9 Å². The van der Waals surface area contributed by atoms with Gasteiger partial charge in [-0.2, -0.15) is 0 Å². The summed E-state index contributed by atoms with van der Waals surface area (Å²) in [6.07, 6.45) is 5.44. The zero-order valence-corrected chi connectivity index (χ0v) is 12.9. The van der Waals surface area contributed by atoms with Crippen molar-refractivity contribution in [3.8, 4) is 0 Å². The van der Waals surface area contributed by atoms with E-state index in [0.29, 0.717) is 10.5 Å². The summed E-state index contributed by atoms with van der Waals surface area (Å²) in [4.78, 5) is 2.26. The van der Waals surface area contributed by atoms with E-state index < -0.39 is 0 Å². The fraction of sp³-hybridized carbons (Fsp3) is 0.562. The first-order valence-electron chi connectivity index (χ1n) is 7.15. The Balaban J connectivity index is 1.74. The molecule has 2 saturated carbocycles. The molecule has 3 atom stereocenters. The molecule has 102 valence electrons. The lowest BCUT2D eigenvalue weighted by molar-refractivity contribution is 0.226. The SMILES string of the molecule is Cc1ccc(CN(C(=S)Cl)C2CC3CCC2C3)cc1. The van der Waals surface area contributed by atoms with E-state index in [9.17, 15) is 0 Å². The fourth-order valence-corrected chi connectivity index (χ4v) is 4.18. The second kappa shape index (κ2) is 5.41. The van der Waals surface area contributed by atoms with Crippen LogP contribution in [0.1, 0.15) is 36.8 Å². The van der Waals surface area contributed by atoms with Crippen molar-refractivity contribution in [3.05, 3.63) is 35.4 Å². The molecule has 1 aromatic rings. The van der Waals surface area contributed by atoms with Crippen LogP contribution in [0.25, 0.3) is 0 Å². The van der Waals surface area contributed by atoms with Crippen LogP contribution >= 0.6 is 23.8 Å². The van der Waals surface area contributed by atoms with E-state index in [0.717, 1.165) is 18.4 Å². The quantitative estimate of drug-likeness (QED) is 0.458. The highest BCUT2D eigenvalue weighted by molar-refractivity contribution is 7.83. The molecule has 0 N–H and O–H groups in total. The molecule has 0 amide bonds. The fourth-order valence-electron chi connectivity index (χ4n) is 3.79. The van der Waals surface area contributed by atoms with Crippen LogP contribution in [-0.2, 0) is 6.54 Å². The number of aryl methyl sites for hydroxylation is 1. The molecule has 2 aliphatic rings. The predicted molar refractivity (Wildman–Crippen MR) is 84.4 cm³/mol. The van der Waals surface area contributed by atoms with E-state index in [1.54, 1.807) is 0 Å². The smallest absolute Gasteiger partial charge is 0.170 e. The molecule has 2 bridgehead atoms. The zero-order chi connectivity index (χ0) is 13.4. The van der Waals surface area contributed by atoms with Crippen LogP contribution in [0.3, 0.4) is 0 Å². The van der Waals surface area contributed by atoms with Crippen LogP contribution in [0.4, 0.5) is 0 Å². The van der Waals surface area contributed by atoms with Gasteiger partial charge >= 0.3 is 0 Å². The van der Waals surface area contributed by atoms with E-state index in [1.165, 1.54) is 36.8 Å². The molecular weight excluding hydrogens is 274 g/mol. The molecule has 1 aromatic carbocycles. The second-order valence-electron chi connectivity index (χ2n) is 6.11. The topological polar surface area (TPSA) is 3.24 Å². The number of fused-ring (bicyclic) bond motifs is 2. The molecule has 0 heterocycles. The Morgan fingerprint density at radius 2 is 2.00 bits per heavy atom. The second-order valence-corrected chi connectivity index (χ2v) is 7.08. The van der Waals surface area contributed by atoms with Gasteiger partial charge in [0.25, 0.3) is 0 Å². The average molecular weight is 294 g/mol. The highest BCUT2D eigenvalue weighted by Gasteiger charge is 2.42. The van der Waals surface area contributed by atoms with Crippen LogP contribution in [0.2, 0.25) is 0 Å². The van der Waals surface area contributed by atoms with Gasteiger partial charge in [-0.25, -0.2) is 0 Å². The van der Waals surface area contributed by atoms with Crippen molar-refractivity contribution >= 4 is 28.3 Å². The molecule has 19 heavy (non-hydrogen) atoms. The average Bonchev–Trinajstić information content (AvgIpc) is 3.00. The third kappa shape index (κ3) is 2.80. The lowest BCUT2D eigenvalue weighted by atomic mass is 9.94. The van der Waals surface area contributed by atoms with Gasteiger partial charge in [-0.15, -0.1) is 0 Å². The van der Waals surface area contributed by atoms with Crippen molar-refractivity contribution in [2.24, 2.45) is 11.8 Å². The van der Waals surface area contributed by atoms with Crippen LogP contribution in [-0.4, -0.2) is 15.4 Å². The van der Waals surface area contributed by atoms with Crippen molar-refractivity contribution in [1.82, 2.24) is 4.90 Å². The molecule has 3 unspecified atom stereocenters. The summed E-state index contributed by atoms with van der Waals surface area (Å²) in [7, 11) is 0. The van der Waals surface area contributed by atoms with Gasteiger partial charge in [-0.05, 0) is 55.8 Å². The minimum absolute atomic E-state index is 0.540. The monoisotopic (exact) mass is 293 g/mol. The molecule has 0 saturated heterocycles. The molecule has 2 aliphatic carbocycles. The Bertz CT molecular complexity index is 470. The minimum atomic E-state index is 0.540. The van der Waals surface area contributed by atoms with E-state index in [1.807, 2.05) is 0 Å². The third-order valence-corrected chi connectivity index (χ3v) is 5.25. The van der Waals surface area contributed by atoms with Crippen molar-refractivity contribution in [2.45, 2.75) is 45.2 Å². The van der Waals surface area contributed by atoms with Gasteiger partial charge in [0.15, 0.2) is 4.45 Å². The molecule has 0 spiro atoms. The van der Waals surface area contributed by atoms with E-state index in [4.69, 9.17) is 23.8 Å². The van der Waals surface area contributed by atoms with Gasteiger partial charge in [0.05, 0.1) is 0 Å². The van der Waals surface area contributed by atoms with Crippen LogP contribution in [0, 0.1) is 18.8 Å². The highest BCUT2D eigenvalue weighted by Crippen LogP contribution is 2.47. The minimum Gasteiger partial charge on any atom is -0.346 e. The van der Waals surface area contributed by atoms with Gasteiger partial charge < -0.3 is 4.90 Å². The number of hydrogen-bond donors (Lipinski definition) is 0. The number of hydrogen-bond acceptors (Lipinski definition) is 1. The Morgan fingerprint density at radius 3 is 2.53 bits per heavy atom. The maximum atomic E-state index is 6.20. The number of nitrogens with zero attached hydrogens (tertiary/aromatic N) is 1. The van der Waals surface area contributed by atoms with E-state index in [-0.39, 0.29) is 0 Å². The highest BCUT2D eigenvalue weighted by atomic mass is 35.5. The Kier molecular flexibility index (Phi) is 3.81. The van der Waals surface area contributed by atoms with Gasteiger partial charge in [-0.3, -0.25) is 0 Å². The summed E-state index contributed by atoms with van der Waals surface area (Å²) < 4.78 is 0.540. The lowest BCUT2D eigenvalue weighted by Crippen LogP contribution is -2.40. The van der Waals surface area contributed by atoms with Crippen LogP contribution < -0.4 is 0 Å². The molecule has 3 rings (SSSR count). The molecule has 0 radical (unpaired) electrons. The number of benzene rings is 1. The molecule has 2 fully saturated rings. The van der Waals surface area contributed by atoms with Gasteiger partial charge in [0.2, 0.25) is 0 Å². The normalized spacial score (nSPS) is 28.6. The van der Waals surface area contributed by atoms with Crippen molar-refractivity contribution in [1.29, 1.82) is 0 Å². The maximum absolute atomic E-state index is 6.20.